The maximum atomic E-state index is 13.0. The Morgan fingerprint density at radius 1 is 1.20 bits per heavy atom. The van der Waals surface area contributed by atoms with Crippen LogP contribution in [-0.4, -0.2) is 9.55 Å². The Morgan fingerprint density at radius 2 is 1.95 bits per heavy atom. The van der Waals surface area contributed by atoms with E-state index in [1.165, 1.54) is 10.6 Å². The SMILES string of the molecule is CCCCCCn1c(C(F)(F)F)nc2cc(N)ccc21. The van der Waals surface area contributed by atoms with Gasteiger partial charge in [0.1, 0.15) is 0 Å². The summed E-state index contributed by atoms with van der Waals surface area (Å²) in [5.41, 5.74) is 6.81. The lowest BCUT2D eigenvalue weighted by molar-refractivity contribution is -0.147. The Balaban J connectivity index is 2.37. The molecule has 110 valence electrons. The zero-order valence-corrected chi connectivity index (χ0v) is 11.4. The number of nitrogen functional groups attached to an aromatic ring is 1. The van der Waals surface area contributed by atoms with E-state index in [-0.39, 0.29) is 0 Å². The molecule has 1 aromatic heterocycles. The Labute approximate surface area is 115 Å². The summed E-state index contributed by atoms with van der Waals surface area (Å²) in [6.45, 7) is 2.39. The van der Waals surface area contributed by atoms with Crippen molar-refractivity contribution < 1.29 is 13.2 Å². The number of hydrogen-bond acceptors (Lipinski definition) is 2. The molecule has 0 unspecified atom stereocenters. The number of alkyl halides is 3. The molecule has 0 radical (unpaired) electrons. The highest BCUT2D eigenvalue weighted by molar-refractivity contribution is 5.79. The van der Waals surface area contributed by atoms with E-state index in [0.29, 0.717) is 29.7 Å². The van der Waals surface area contributed by atoms with Crippen LogP contribution in [0.15, 0.2) is 18.2 Å². The van der Waals surface area contributed by atoms with Crippen molar-refractivity contribution in [2.75, 3.05) is 5.73 Å². The Kier molecular flexibility index (Phi) is 4.20. The standard InChI is InChI=1S/C14H18F3N3/c1-2-3-4-5-8-20-12-7-6-10(18)9-11(12)19-13(20)14(15,16)17/h6-7,9H,2-5,8,18H2,1H3. The first-order chi connectivity index (χ1) is 9.43. The van der Waals surface area contributed by atoms with E-state index < -0.39 is 12.0 Å². The molecule has 2 rings (SSSR count). The van der Waals surface area contributed by atoms with Gasteiger partial charge in [-0.2, -0.15) is 13.2 Å². The van der Waals surface area contributed by atoms with Gasteiger partial charge in [-0.15, -0.1) is 0 Å². The van der Waals surface area contributed by atoms with Gasteiger partial charge in [-0.25, -0.2) is 4.98 Å². The molecular weight excluding hydrogens is 267 g/mol. The van der Waals surface area contributed by atoms with Crippen molar-refractivity contribution in [3.63, 3.8) is 0 Å². The molecule has 0 saturated heterocycles. The molecule has 1 heterocycles. The van der Waals surface area contributed by atoms with Gasteiger partial charge in [0.05, 0.1) is 11.0 Å². The first-order valence-electron chi connectivity index (χ1n) is 6.76. The largest absolute Gasteiger partial charge is 0.449 e. The van der Waals surface area contributed by atoms with Crippen molar-refractivity contribution in [3.05, 3.63) is 24.0 Å². The van der Waals surface area contributed by atoms with E-state index in [9.17, 15) is 13.2 Å². The summed E-state index contributed by atoms with van der Waals surface area (Å²) in [6, 6.07) is 4.69. The maximum Gasteiger partial charge on any atom is 0.449 e. The molecule has 0 fully saturated rings. The second-order valence-electron chi connectivity index (χ2n) is 4.89. The van der Waals surface area contributed by atoms with Crippen LogP contribution in [-0.2, 0) is 12.7 Å². The van der Waals surface area contributed by atoms with Crippen LogP contribution < -0.4 is 5.73 Å². The van der Waals surface area contributed by atoms with Crippen LogP contribution in [0.2, 0.25) is 0 Å². The van der Waals surface area contributed by atoms with Crippen molar-refractivity contribution >= 4 is 16.7 Å². The molecule has 0 amide bonds. The summed E-state index contributed by atoms with van der Waals surface area (Å²) in [5.74, 6) is -0.838. The third-order valence-corrected chi connectivity index (χ3v) is 3.26. The highest BCUT2D eigenvalue weighted by atomic mass is 19.4. The Hall–Kier alpha value is -1.72. The van der Waals surface area contributed by atoms with Crippen LogP contribution in [0.1, 0.15) is 38.4 Å². The summed E-state index contributed by atoms with van der Waals surface area (Å²) in [6.07, 6.45) is -0.734. The highest BCUT2D eigenvalue weighted by Gasteiger charge is 2.37. The number of hydrogen-bond donors (Lipinski definition) is 1. The zero-order valence-electron chi connectivity index (χ0n) is 11.4. The van der Waals surface area contributed by atoms with Crippen LogP contribution in [0.25, 0.3) is 11.0 Å². The minimum atomic E-state index is -4.45. The average molecular weight is 285 g/mol. The lowest BCUT2D eigenvalue weighted by Crippen LogP contribution is -2.15. The van der Waals surface area contributed by atoms with Gasteiger partial charge in [0, 0.05) is 12.2 Å². The van der Waals surface area contributed by atoms with E-state index >= 15 is 0 Å². The quantitative estimate of drug-likeness (QED) is 0.660. The van der Waals surface area contributed by atoms with Gasteiger partial charge in [0.15, 0.2) is 0 Å². The van der Waals surface area contributed by atoms with Crippen molar-refractivity contribution in [2.24, 2.45) is 0 Å². The summed E-state index contributed by atoms with van der Waals surface area (Å²) in [5, 5.41) is 0. The number of fused-ring (bicyclic) bond motifs is 1. The van der Waals surface area contributed by atoms with Crippen molar-refractivity contribution in [1.82, 2.24) is 9.55 Å². The van der Waals surface area contributed by atoms with Crippen molar-refractivity contribution in [3.8, 4) is 0 Å². The van der Waals surface area contributed by atoms with E-state index in [0.717, 1.165) is 19.3 Å². The van der Waals surface area contributed by atoms with E-state index in [2.05, 4.69) is 11.9 Å². The fourth-order valence-electron chi connectivity index (χ4n) is 2.29. The van der Waals surface area contributed by atoms with Gasteiger partial charge in [-0.1, -0.05) is 26.2 Å². The van der Waals surface area contributed by atoms with Crippen LogP contribution in [0.3, 0.4) is 0 Å². The van der Waals surface area contributed by atoms with Gasteiger partial charge in [0.25, 0.3) is 0 Å². The number of imidazole rings is 1. The molecule has 6 heteroatoms. The normalized spacial score (nSPS) is 12.2. The molecule has 0 aliphatic heterocycles. The summed E-state index contributed by atoms with van der Waals surface area (Å²) in [7, 11) is 0. The molecule has 2 aromatic rings. The van der Waals surface area contributed by atoms with Gasteiger partial charge in [-0.05, 0) is 24.6 Å². The number of aromatic nitrogens is 2. The highest BCUT2D eigenvalue weighted by Crippen LogP contribution is 2.32. The molecule has 20 heavy (non-hydrogen) atoms. The van der Waals surface area contributed by atoms with Gasteiger partial charge >= 0.3 is 6.18 Å². The second-order valence-corrected chi connectivity index (χ2v) is 4.89. The molecule has 0 saturated carbocycles. The Morgan fingerprint density at radius 3 is 2.60 bits per heavy atom. The van der Waals surface area contributed by atoms with E-state index in [1.807, 2.05) is 0 Å². The summed E-state index contributed by atoms with van der Waals surface area (Å²) >= 11 is 0. The first-order valence-corrected chi connectivity index (χ1v) is 6.76. The third-order valence-electron chi connectivity index (χ3n) is 3.26. The zero-order chi connectivity index (χ0) is 14.8. The topological polar surface area (TPSA) is 43.8 Å². The number of benzene rings is 1. The molecule has 0 bridgehead atoms. The third kappa shape index (κ3) is 3.05. The Bertz CT molecular complexity index is 587. The molecule has 2 N–H and O–H groups in total. The second kappa shape index (κ2) is 5.73. The fraction of sp³-hybridized carbons (Fsp3) is 0.500. The fourth-order valence-corrected chi connectivity index (χ4v) is 2.29. The van der Waals surface area contributed by atoms with E-state index in [4.69, 9.17) is 5.73 Å². The molecule has 0 aliphatic carbocycles. The number of halogens is 3. The monoisotopic (exact) mass is 285 g/mol. The van der Waals surface area contributed by atoms with Crippen LogP contribution in [0.5, 0.6) is 0 Å². The molecule has 0 spiro atoms. The van der Waals surface area contributed by atoms with Crippen LogP contribution in [0.4, 0.5) is 18.9 Å². The first kappa shape index (κ1) is 14.7. The number of nitrogens with two attached hydrogens (primary N) is 1. The van der Waals surface area contributed by atoms with Crippen LogP contribution in [0, 0.1) is 0 Å². The number of unbranched alkanes of at least 4 members (excludes halogenated alkanes) is 3. The minimum Gasteiger partial charge on any atom is -0.399 e. The number of anilines is 1. The number of rotatable bonds is 5. The summed E-state index contributed by atoms with van der Waals surface area (Å²) in [4.78, 5) is 3.70. The van der Waals surface area contributed by atoms with Gasteiger partial charge in [-0.3, -0.25) is 0 Å². The van der Waals surface area contributed by atoms with Crippen molar-refractivity contribution in [2.45, 2.75) is 45.3 Å². The average Bonchev–Trinajstić information content (AvgIpc) is 2.72. The molecular formula is C14H18F3N3. The molecule has 1 aromatic carbocycles. The van der Waals surface area contributed by atoms with E-state index in [1.54, 1.807) is 12.1 Å². The predicted octanol–water partition coefficient (Wildman–Crippen LogP) is 4.22. The van der Waals surface area contributed by atoms with Crippen LogP contribution >= 0.6 is 0 Å². The maximum absolute atomic E-state index is 13.0. The lowest BCUT2D eigenvalue weighted by Gasteiger charge is -2.11. The summed E-state index contributed by atoms with van der Waals surface area (Å²) < 4.78 is 40.4. The predicted molar refractivity (Wildman–Crippen MR) is 73.3 cm³/mol. The van der Waals surface area contributed by atoms with Crippen molar-refractivity contribution in [1.29, 1.82) is 0 Å². The smallest absolute Gasteiger partial charge is 0.399 e. The van der Waals surface area contributed by atoms with Gasteiger partial charge in [0.2, 0.25) is 5.82 Å². The van der Waals surface area contributed by atoms with Gasteiger partial charge < -0.3 is 10.3 Å². The minimum absolute atomic E-state index is 0.299. The molecule has 0 atom stereocenters. The lowest BCUT2D eigenvalue weighted by atomic mass is 10.2. The number of aryl methyl sites for hydroxylation is 1. The molecule has 0 aliphatic rings. The molecule has 3 nitrogen and oxygen atoms in total. The number of nitrogens with zero attached hydrogens (tertiary/aromatic N) is 2.